The first-order chi connectivity index (χ1) is 12.2. The van der Waals surface area contributed by atoms with Crippen molar-refractivity contribution in [3.8, 4) is 11.5 Å². The molecule has 0 amide bonds. The van der Waals surface area contributed by atoms with Crippen molar-refractivity contribution in [2.24, 2.45) is 0 Å². The highest BCUT2D eigenvalue weighted by Gasteiger charge is 2.07. The van der Waals surface area contributed by atoms with Gasteiger partial charge in [0.25, 0.3) is 0 Å². The average Bonchev–Trinajstić information content (AvgIpc) is 2.63. The molecule has 2 aromatic heterocycles. The van der Waals surface area contributed by atoms with E-state index in [9.17, 15) is 0 Å². The second-order valence-corrected chi connectivity index (χ2v) is 6.02. The largest absolute Gasteiger partial charge is 0.658 e. The van der Waals surface area contributed by atoms with Gasteiger partial charge in [0.05, 0.1) is 0 Å². The number of hydrogen-bond donors (Lipinski definition) is 0. The second-order valence-electron chi connectivity index (χ2n) is 5.30. The lowest BCUT2D eigenvalue weighted by atomic mass is 10.1. The third-order valence-corrected chi connectivity index (χ3v) is 4.35. The van der Waals surface area contributed by atoms with E-state index in [2.05, 4.69) is 9.97 Å². The van der Waals surface area contributed by atoms with Crippen LogP contribution in [-0.4, -0.2) is 17.7 Å². The predicted octanol–water partition coefficient (Wildman–Crippen LogP) is 5.08. The molecule has 4 nitrogen and oxygen atoms in total. The standard InChI is InChI=1S/C18H10BCl2N2O2/c20-17-15-9-13(3-1-11(15)5-7-22-17)24-19-25-14-4-2-12-6-8-23-18(21)16(12)10-14/h1-10H. The molecule has 0 atom stereocenters. The Hall–Kier alpha value is -2.50. The minimum absolute atomic E-state index is 0.431. The van der Waals surface area contributed by atoms with E-state index in [1.807, 2.05) is 48.5 Å². The quantitative estimate of drug-likeness (QED) is 0.372. The number of pyridine rings is 2. The molecule has 0 aliphatic rings. The summed E-state index contributed by atoms with van der Waals surface area (Å²) in [6, 6.07) is 14.9. The fraction of sp³-hybridized carbons (Fsp3) is 0. The number of hydrogen-bond acceptors (Lipinski definition) is 4. The third-order valence-electron chi connectivity index (χ3n) is 3.75. The lowest BCUT2D eigenvalue weighted by Crippen LogP contribution is -2.10. The van der Waals surface area contributed by atoms with Crippen molar-refractivity contribution < 1.29 is 9.31 Å². The smallest absolute Gasteiger partial charge is 0.526 e. The molecule has 0 aliphatic carbocycles. The molecule has 0 spiro atoms. The van der Waals surface area contributed by atoms with Gasteiger partial charge in [0.2, 0.25) is 0 Å². The summed E-state index contributed by atoms with van der Waals surface area (Å²) in [7, 11) is 1.26. The molecule has 7 heteroatoms. The maximum absolute atomic E-state index is 6.10. The summed E-state index contributed by atoms with van der Waals surface area (Å²) in [5.74, 6) is 1.20. The lowest BCUT2D eigenvalue weighted by molar-refractivity contribution is 0.460. The van der Waals surface area contributed by atoms with E-state index in [0.29, 0.717) is 21.8 Å². The van der Waals surface area contributed by atoms with Crippen molar-refractivity contribution in [1.82, 2.24) is 9.97 Å². The molecule has 0 N–H and O–H groups in total. The number of rotatable bonds is 4. The van der Waals surface area contributed by atoms with Gasteiger partial charge in [-0.15, -0.1) is 0 Å². The Balaban J connectivity index is 1.49. The molecule has 0 bridgehead atoms. The Bertz CT molecular complexity index is 990. The molecule has 25 heavy (non-hydrogen) atoms. The molecule has 0 unspecified atom stereocenters. The van der Waals surface area contributed by atoms with Gasteiger partial charge in [0, 0.05) is 23.2 Å². The molecule has 2 aromatic carbocycles. The van der Waals surface area contributed by atoms with E-state index < -0.39 is 0 Å². The predicted molar refractivity (Wildman–Crippen MR) is 101 cm³/mol. The normalized spacial score (nSPS) is 10.8. The molecule has 121 valence electrons. The van der Waals surface area contributed by atoms with Crippen LogP contribution >= 0.6 is 23.2 Å². The number of benzene rings is 2. The molecule has 0 saturated heterocycles. The van der Waals surface area contributed by atoms with Crippen molar-refractivity contribution in [3.05, 3.63) is 71.2 Å². The fourth-order valence-corrected chi connectivity index (χ4v) is 2.95. The van der Waals surface area contributed by atoms with Crippen molar-refractivity contribution in [2.45, 2.75) is 0 Å². The van der Waals surface area contributed by atoms with Crippen LogP contribution in [0.1, 0.15) is 0 Å². The summed E-state index contributed by atoms with van der Waals surface area (Å²) in [5.41, 5.74) is 0. The summed E-state index contributed by atoms with van der Waals surface area (Å²) in [4.78, 5) is 8.13. The van der Waals surface area contributed by atoms with Crippen LogP contribution in [0, 0.1) is 0 Å². The summed E-state index contributed by atoms with van der Waals surface area (Å²) in [6.45, 7) is 0. The lowest BCUT2D eigenvalue weighted by Gasteiger charge is -2.09. The van der Waals surface area contributed by atoms with Crippen LogP contribution in [0.4, 0.5) is 0 Å². The summed E-state index contributed by atoms with van der Waals surface area (Å²) in [5, 5.41) is 4.48. The number of fused-ring (bicyclic) bond motifs is 2. The number of nitrogens with zero attached hydrogens (tertiary/aromatic N) is 2. The van der Waals surface area contributed by atoms with Gasteiger partial charge in [0.15, 0.2) is 0 Å². The Morgan fingerprint density at radius 1 is 0.680 bits per heavy atom. The zero-order valence-corrected chi connectivity index (χ0v) is 14.3. The monoisotopic (exact) mass is 367 g/mol. The highest BCUT2D eigenvalue weighted by atomic mass is 35.5. The molecule has 4 aromatic rings. The van der Waals surface area contributed by atoms with E-state index in [0.717, 1.165) is 21.5 Å². The van der Waals surface area contributed by atoms with Gasteiger partial charge in [-0.3, -0.25) is 0 Å². The first-order valence-electron chi connectivity index (χ1n) is 7.44. The number of halogens is 2. The maximum atomic E-state index is 6.10. The Kier molecular flexibility index (Phi) is 4.34. The van der Waals surface area contributed by atoms with E-state index in [1.54, 1.807) is 12.4 Å². The van der Waals surface area contributed by atoms with Crippen LogP contribution in [-0.2, 0) is 0 Å². The first-order valence-corrected chi connectivity index (χ1v) is 8.20. The van der Waals surface area contributed by atoms with Gasteiger partial charge in [-0.05, 0) is 47.2 Å². The highest BCUT2D eigenvalue weighted by molar-refractivity contribution is 6.34. The van der Waals surface area contributed by atoms with Gasteiger partial charge in [-0.2, -0.15) is 0 Å². The average molecular weight is 368 g/mol. The van der Waals surface area contributed by atoms with E-state index >= 15 is 0 Å². The Morgan fingerprint density at radius 2 is 1.16 bits per heavy atom. The van der Waals surface area contributed by atoms with Crippen LogP contribution in [0.15, 0.2) is 60.9 Å². The van der Waals surface area contributed by atoms with Gasteiger partial charge in [-0.25, -0.2) is 9.97 Å². The molecule has 0 saturated carbocycles. The molecular formula is C18H10BCl2N2O2. The van der Waals surface area contributed by atoms with Gasteiger partial charge in [0.1, 0.15) is 21.8 Å². The third kappa shape index (κ3) is 3.34. The summed E-state index contributed by atoms with van der Waals surface area (Å²) in [6.07, 6.45) is 3.33. The molecule has 0 fully saturated rings. The zero-order chi connectivity index (χ0) is 17.2. The SMILES string of the molecule is Clc1nccc2ccc(O[B]Oc3ccc4ccnc(Cl)c4c3)cc12. The Labute approximate surface area is 154 Å². The van der Waals surface area contributed by atoms with Crippen LogP contribution in [0.2, 0.25) is 10.3 Å². The summed E-state index contributed by atoms with van der Waals surface area (Å²) < 4.78 is 11.1. The number of aromatic nitrogens is 2. The van der Waals surface area contributed by atoms with Crippen molar-refractivity contribution >= 4 is 52.4 Å². The van der Waals surface area contributed by atoms with Crippen LogP contribution in [0.5, 0.6) is 11.5 Å². The summed E-state index contributed by atoms with van der Waals surface area (Å²) >= 11 is 12.2. The van der Waals surface area contributed by atoms with Crippen molar-refractivity contribution in [3.63, 3.8) is 0 Å². The van der Waals surface area contributed by atoms with E-state index in [1.165, 1.54) is 7.69 Å². The van der Waals surface area contributed by atoms with Crippen LogP contribution in [0.3, 0.4) is 0 Å². The minimum Gasteiger partial charge on any atom is -0.526 e. The zero-order valence-electron chi connectivity index (χ0n) is 12.8. The van der Waals surface area contributed by atoms with Crippen molar-refractivity contribution in [2.75, 3.05) is 0 Å². The topological polar surface area (TPSA) is 44.2 Å². The molecule has 2 heterocycles. The maximum Gasteiger partial charge on any atom is 0.658 e. The first kappa shape index (κ1) is 16.0. The van der Waals surface area contributed by atoms with Crippen molar-refractivity contribution in [1.29, 1.82) is 0 Å². The van der Waals surface area contributed by atoms with Gasteiger partial charge >= 0.3 is 7.69 Å². The molecule has 4 rings (SSSR count). The molecule has 0 aliphatic heterocycles. The minimum atomic E-state index is 0.431. The molecule has 1 radical (unpaired) electrons. The van der Waals surface area contributed by atoms with Crippen LogP contribution in [0.25, 0.3) is 21.5 Å². The van der Waals surface area contributed by atoms with E-state index in [-0.39, 0.29) is 0 Å². The van der Waals surface area contributed by atoms with Crippen LogP contribution < -0.4 is 9.31 Å². The highest BCUT2D eigenvalue weighted by Crippen LogP contribution is 2.27. The Morgan fingerprint density at radius 3 is 1.64 bits per heavy atom. The van der Waals surface area contributed by atoms with Gasteiger partial charge < -0.3 is 9.31 Å². The fourth-order valence-electron chi connectivity index (χ4n) is 2.51. The molecular weight excluding hydrogens is 358 g/mol. The van der Waals surface area contributed by atoms with Gasteiger partial charge in [-0.1, -0.05) is 35.3 Å². The van der Waals surface area contributed by atoms with E-state index in [4.69, 9.17) is 32.5 Å². The second kappa shape index (κ2) is 6.79.